The van der Waals surface area contributed by atoms with E-state index in [4.69, 9.17) is 9.47 Å². The monoisotopic (exact) mass is 473 g/mol. The Morgan fingerprint density at radius 1 is 0.943 bits per heavy atom. The first-order chi connectivity index (χ1) is 17.0. The predicted octanol–water partition coefficient (Wildman–Crippen LogP) is 4.46. The van der Waals surface area contributed by atoms with Crippen LogP contribution in [-0.2, 0) is 16.1 Å². The van der Waals surface area contributed by atoms with Crippen molar-refractivity contribution in [3.63, 3.8) is 0 Å². The molecule has 0 radical (unpaired) electrons. The highest BCUT2D eigenvalue weighted by Gasteiger charge is 2.46. The first kappa shape index (κ1) is 23.8. The minimum absolute atomic E-state index is 0.159. The molecule has 4 amide bonds. The number of rotatable bonds is 9. The highest BCUT2D eigenvalue weighted by Crippen LogP contribution is 2.29. The number of nitrogens with one attached hydrogen (secondary N) is 1. The van der Waals surface area contributed by atoms with Crippen LogP contribution in [0.25, 0.3) is 0 Å². The number of anilines is 2. The number of carbonyl (C=O) groups excluding carboxylic acids is 3. The number of benzene rings is 3. The molecule has 0 aliphatic carbocycles. The number of imide groups is 1. The maximum atomic E-state index is 13.4. The molecule has 4 rings (SSSR count). The summed E-state index contributed by atoms with van der Waals surface area (Å²) in [7, 11) is 1.56. The topological polar surface area (TPSA) is 88.2 Å². The third-order valence-electron chi connectivity index (χ3n) is 5.65. The molecule has 35 heavy (non-hydrogen) atoms. The van der Waals surface area contributed by atoms with Crippen molar-refractivity contribution >= 4 is 29.2 Å². The summed E-state index contributed by atoms with van der Waals surface area (Å²) in [5, 5.41) is 2.81. The van der Waals surface area contributed by atoms with Crippen LogP contribution in [0.3, 0.4) is 0 Å². The highest BCUT2D eigenvalue weighted by molar-refractivity contribution is 6.22. The Bertz CT molecular complexity index is 1200. The zero-order valence-corrected chi connectivity index (χ0v) is 19.6. The Balaban J connectivity index is 1.56. The minimum Gasteiger partial charge on any atom is -0.497 e. The SMILES string of the molecule is CCOc1ccc(NC(=O)C[C@@H]2C(=O)N(c3ccccc3)C(=O)N2Cc2cccc(OC)c2)cc1. The molecule has 1 aliphatic rings. The number of hydrogen-bond acceptors (Lipinski definition) is 5. The molecular weight excluding hydrogens is 446 g/mol. The third-order valence-corrected chi connectivity index (χ3v) is 5.65. The summed E-state index contributed by atoms with van der Waals surface area (Å²) < 4.78 is 10.7. The zero-order valence-electron chi connectivity index (χ0n) is 19.6. The molecule has 1 N–H and O–H groups in total. The minimum atomic E-state index is -0.948. The van der Waals surface area contributed by atoms with E-state index in [0.29, 0.717) is 29.5 Å². The number of hydrogen-bond donors (Lipinski definition) is 1. The Morgan fingerprint density at radius 2 is 1.69 bits per heavy atom. The molecule has 0 spiro atoms. The summed E-state index contributed by atoms with van der Waals surface area (Å²) in [6.45, 7) is 2.60. The molecule has 1 saturated heterocycles. The smallest absolute Gasteiger partial charge is 0.332 e. The molecule has 1 atom stereocenters. The number of ether oxygens (including phenoxy) is 2. The van der Waals surface area contributed by atoms with E-state index in [1.54, 1.807) is 67.8 Å². The van der Waals surface area contributed by atoms with E-state index in [1.165, 1.54) is 4.90 Å². The van der Waals surface area contributed by atoms with Gasteiger partial charge in [0, 0.05) is 12.2 Å². The van der Waals surface area contributed by atoms with Gasteiger partial charge in [-0.25, -0.2) is 9.69 Å². The molecule has 1 heterocycles. The van der Waals surface area contributed by atoms with E-state index in [-0.39, 0.29) is 18.9 Å². The number of amides is 4. The van der Waals surface area contributed by atoms with Crippen LogP contribution in [0.15, 0.2) is 78.9 Å². The molecular formula is C27H27N3O5. The van der Waals surface area contributed by atoms with Gasteiger partial charge in [-0.2, -0.15) is 0 Å². The van der Waals surface area contributed by atoms with E-state index in [0.717, 1.165) is 10.5 Å². The second-order valence-corrected chi connectivity index (χ2v) is 8.00. The van der Waals surface area contributed by atoms with Gasteiger partial charge in [-0.1, -0.05) is 30.3 Å². The van der Waals surface area contributed by atoms with Crippen LogP contribution >= 0.6 is 0 Å². The normalized spacial score (nSPS) is 15.3. The molecule has 0 aromatic heterocycles. The Morgan fingerprint density at radius 3 is 2.37 bits per heavy atom. The van der Waals surface area contributed by atoms with E-state index in [1.807, 2.05) is 25.1 Å². The molecule has 8 heteroatoms. The van der Waals surface area contributed by atoms with Gasteiger partial charge in [0.2, 0.25) is 5.91 Å². The molecule has 1 fully saturated rings. The van der Waals surface area contributed by atoms with Crippen molar-refractivity contribution in [3.8, 4) is 11.5 Å². The standard InChI is InChI=1S/C27H27N3O5/c1-3-35-22-14-12-20(13-15-22)28-25(31)17-24-26(32)30(21-9-5-4-6-10-21)27(33)29(24)18-19-8-7-11-23(16-19)34-2/h4-16,24H,3,17-18H2,1-2H3,(H,28,31)/t24-/m1/s1. The number of para-hydroxylation sites is 1. The summed E-state index contributed by atoms with van der Waals surface area (Å²) in [5.74, 6) is 0.534. The van der Waals surface area contributed by atoms with E-state index in [2.05, 4.69) is 5.32 Å². The maximum Gasteiger partial charge on any atom is 0.332 e. The Labute approximate surface area is 204 Å². The number of urea groups is 1. The van der Waals surface area contributed by atoms with Gasteiger partial charge in [-0.3, -0.25) is 9.59 Å². The second kappa shape index (κ2) is 10.7. The third kappa shape index (κ3) is 5.43. The van der Waals surface area contributed by atoms with Gasteiger partial charge >= 0.3 is 6.03 Å². The Hall–Kier alpha value is -4.33. The summed E-state index contributed by atoms with van der Waals surface area (Å²) >= 11 is 0. The lowest BCUT2D eigenvalue weighted by Gasteiger charge is -2.22. The second-order valence-electron chi connectivity index (χ2n) is 8.00. The summed E-state index contributed by atoms with van der Waals surface area (Å²) in [6.07, 6.45) is -0.176. The molecule has 180 valence electrons. The van der Waals surface area contributed by atoms with Crippen LogP contribution in [-0.4, -0.2) is 42.5 Å². The molecule has 0 bridgehead atoms. The van der Waals surface area contributed by atoms with Crippen LogP contribution in [0.5, 0.6) is 11.5 Å². The van der Waals surface area contributed by atoms with Crippen LogP contribution in [0.1, 0.15) is 18.9 Å². The summed E-state index contributed by atoms with van der Waals surface area (Å²) in [4.78, 5) is 42.2. The Kier molecular flexibility index (Phi) is 7.30. The number of carbonyl (C=O) groups is 3. The van der Waals surface area contributed by atoms with Gasteiger partial charge in [0.15, 0.2) is 0 Å². The highest BCUT2D eigenvalue weighted by atomic mass is 16.5. The van der Waals surface area contributed by atoms with Crippen LogP contribution < -0.4 is 19.7 Å². The maximum absolute atomic E-state index is 13.4. The molecule has 0 saturated carbocycles. The fraction of sp³-hybridized carbons (Fsp3) is 0.222. The average Bonchev–Trinajstić information content (AvgIpc) is 3.10. The fourth-order valence-corrected chi connectivity index (χ4v) is 3.98. The van der Waals surface area contributed by atoms with Crippen molar-refractivity contribution in [2.24, 2.45) is 0 Å². The van der Waals surface area contributed by atoms with Gasteiger partial charge in [0.25, 0.3) is 5.91 Å². The van der Waals surface area contributed by atoms with Gasteiger partial charge in [-0.15, -0.1) is 0 Å². The lowest BCUT2D eigenvalue weighted by molar-refractivity contribution is -0.124. The van der Waals surface area contributed by atoms with Crippen molar-refractivity contribution < 1.29 is 23.9 Å². The molecule has 3 aromatic rings. The van der Waals surface area contributed by atoms with Crippen molar-refractivity contribution in [2.75, 3.05) is 23.9 Å². The quantitative estimate of drug-likeness (QED) is 0.464. The molecule has 3 aromatic carbocycles. The van der Waals surface area contributed by atoms with E-state index >= 15 is 0 Å². The van der Waals surface area contributed by atoms with Gasteiger partial charge in [0.1, 0.15) is 17.5 Å². The van der Waals surface area contributed by atoms with Gasteiger partial charge < -0.3 is 19.7 Å². The van der Waals surface area contributed by atoms with Gasteiger partial charge in [0.05, 0.1) is 25.8 Å². The lowest BCUT2D eigenvalue weighted by atomic mass is 10.1. The van der Waals surface area contributed by atoms with Crippen LogP contribution in [0.4, 0.5) is 16.2 Å². The van der Waals surface area contributed by atoms with Crippen molar-refractivity contribution in [1.29, 1.82) is 0 Å². The van der Waals surface area contributed by atoms with Crippen molar-refractivity contribution in [2.45, 2.75) is 25.9 Å². The summed E-state index contributed by atoms with van der Waals surface area (Å²) in [6, 6.07) is 21.6. The first-order valence-corrected chi connectivity index (χ1v) is 11.4. The molecule has 1 aliphatic heterocycles. The average molecular weight is 474 g/mol. The fourth-order valence-electron chi connectivity index (χ4n) is 3.98. The van der Waals surface area contributed by atoms with Crippen molar-refractivity contribution in [1.82, 2.24) is 4.90 Å². The van der Waals surface area contributed by atoms with Crippen LogP contribution in [0.2, 0.25) is 0 Å². The summed E-state index contributed by atoms with van der Waals surface area (Å²) in [5.41, 5.74) is 1.83. The van der Waals surface area contributed by atoms with E-state index < -0.39 is 18.0 Å². The molecule has 0 unspecified atom stereocenters. The predicted molar refractivity (Wildman–Crippen MR) is 133 cm³/mol. The number of nitrogens with zero attached hydrogens (tertiary/aromatic N) is 2. The number of methoxy groups -OCH3 is 1. The van der Waals surface area contributed by atoms with Gasteiger partial charge in [-0.05, 0) is 61.0 Å². The molecule has 8 nitrogen and oxygen atoms in total. The largest absolute Gasteiger partial charge is 0.497 e. The first-order valence-electron chi connectivity index (χ1n) is 11.4. The zero-order chi connectivity index (χ0) is 24.8. The van der Waals surface area contributed by atoms with E-state index in [9.17, 15) is 14.4 Å². The van der Waals surface area contributed by atoms with Crippen LogP contribution in [0, 0.1) is 0 Å². The van der Waals surface area contributed by atoms with Crippen molar-refractivity contribution in [3.05, 3.63) is 84.4 Å². The lowest BCUT2D eigenvalue weighted by Crippen LogP contribution is -2.37.